The van der Waals surface area contributed by atoms with Crippen molar-refractivity contribution in [1.29, 1.82) is 0 Å². The van der Waals surface area contributed by atoms with Crippen LogP contribution in [0.4, 0.5) is 5.82 Å². The van der Waals surface area contributed by atoms with Gasteiger partial charge in [-0.05, 0) is 0 Å². The van der Waals surface area contributed by atoms with Crippen molar-refractivity contribution in [3.63, 3.8) is 0 Å². The van der Waals surface area contributed by atoms with E-state index in [9.17, 15) is 9.59 Å². The lowest BCUT2D eigenvalue weighted by Crippen LogP contribution is -2.20. The first-order valence-electron chi connectivity index (χ1n) is 5.06. The van der Waals surface area contributed by atoms with Gasteiger partial charge in [-0.3, -0.25) is 4.79 Å². The van der Waals surface area contributed by atoms with Gasteiger partial charge >= 0.3 is 17.9 Å². The summed E-state index contributed by atoms with van der Waals surface area (Å²) >= 11 is 0. The van der Waals surface area contributed by atoms with Crippen LogP contribution in [0.5, 0.6) is 6.01 Å². The van der Waals surface area contributed by atoms with Gasteiger partial charge in [-0.25, -0.2) is 9.78 Å². The van der Waals surface area contributed by atoms with E-state index >= 15 is 0 Å². The van der Waals surface area contributed by atoms with E-state index in [1.807, 2.05) is 0 Å². The van der Waals surface area contributed by atoms with E-state index in [2.05, 4.69) is 15.0 Å². The van der Waals surface area contributed by atoms with Crippen molar-refractivity contribution in [2.75, 3.05) is 5.73 Å². The topological polar surface area (TPSA) is 122 Å². The molecule has 0 saturated carbocycles. The second-order valence-corrected chi connectivity index (χ2v) is 3.57. The van der Waals surface area contributed by atoms with Crippen LogP contribution in [-0.2, 0) is 9.59 Å². The molecule has 2 aromatic rings. The molecule has 0 amide bonds. The SMILES string of the molecule is Nc1nc2nc3ncn(c13)OC(=O)CCC(=O)O2. The van der Waals surface area contributed by atoms with E-state index in [1.54, 1.807) is 0 Å². The minimum atomic E-state index is -0.636. The first-order chi connectivity index (χ1) is 8.63. The number of fused-ring (bicyclic) bond motifs is 6. The number of carbonyl (C=O) groups is 2. The Morgan fingerprint density at radius 1 is 1.22 bits per heavy atom. The van der Waals surface area contributed by atoms with Gasteiger partial charge < -0.3 is 15.3 Å². The number of rotatable bonds is 0. The number of aromatic nitrogens is 4. The van der Waals surface area contributed by atoms with Crippen LogP contribution < -0.4 is 15.3 Å². The van der Waals surface area contributed by atoms with Gasteiger partial charge in [-0.15, -0.1) is 0 Å². The maximum absolute atomic E-state index is 11.5. The predicted molar refractivity (Wildman–Crippen MR) is 56.2 cm³/mol. The molecule has 0 fully saturated rings. The molecule has 0 spiro atoms. The highest BCUT2D eigenvalue weighted by Crippen LogP contribution is 2.20. The fraction of sp³-hybridized carbons (Fsp3) is 0.222. The molecule has 2 aliphatic heterocycles. The second kappa shape index (κ2) is 3.65. The van der Waals surface area contributed by atoms with Gasteiger partial charge in [0.2, 0.25) is 0 Å². The van der Waals surface area contributed by atoms with E-state index < -0.39 is 11.9 Å². The average molecular weight is 249 g/mol. The van der Waals surface area contributed by atoms with Crippen molar-refractivity contribution >= 4 is 28.9 Å². The van der Waals surface area contributed by atoms with Crippen LogP contribution in [-0.4, -0.2) is 31.6 Å². The molecular formula is C9H7N5O4. The molecule has 2 N–H and O–H groups in total. The molecule has 9 heteroatoms. The Balaban J connectivity index is 2.22. The van der Waals surface area contributed by atoms with Gasteiger partial charge in [0.15, 0.2) is 17.0 Å². The van der Waals surface area contributed by atoms with Crippen molar-refractivity contribution < 1.29 is 19.2 Å². The number of nitrogens with zero attached hydrogens (tertiary/aromatic N) is 4. The molecule has 4 bridgehead atoms. The van der Waals surface area contributed by atoms with Crippen molar-refractivity contribution in [3.05, 3.63) is 6.33 Å². The molecule has 4 rings (SSSR count). The molecular weight excluding hydrogens is 242 g/mol. The van der Waals surface area contributed by atoms with E-state index in [0.717, 1.165) is 4.73 Å². The number of hydrogen-bond donors (Lipinski definition) is 1. The van der Waals surface area contributed by atoms with Crippen LogP contribution in [0.1, 0.15) is 12.8 Å². The number of nitrogens with two attached hydrogens (primary N) is 1. The molecule has 92 valence electrons. The van der Waals surface area contributed by atoms with Crippen molar-refractivity contribution in [1.82, 2.24) is 19.7 Å². The summed E-state index contributed by atoms with van der Waals surface area (Å²) in [4.78, 5) is 39.4. The molecule has 9 nitrogen and oxygen atoms in total. The van der Waals surface area contributed by atoms with Crippen molar-refractivity contribution in [2.24, 2.45) is 0 Å². The maximum atomic E-state index is 11.5. The number of anilines is 1. The van der Waals surface area contributed by atoms with Gasteiger partial charge in [0.25, 0.3) is 0 Å². The lowest BCUT2D eigenvalue weighted by molar-refractivity contribution is -0.147. The summed E-state index contributed by atoms with van der Waals surface area (Å²) in [6.45, 7) is 0. The Labute approximate surface area is 99.5 Å². The summed E-state index contributed by atoms with van der Waals surface area (Å²) < 4.78 is 5.92. The third kappa shape index (κ3) is 1.61. The zero-order valence-corrected chi connectivity index (χ0v) is 8.99. The van der Waals surface area contributed by atoms with Gasteiger partial charge in [0, 0.05) is 0 Å². The summed E-state index contributed by atoms with van der Waals surface area (Å²) in [6.07, 6.45) is 1.02. The maximum Gasteiger partial charge on any atom is 0.333 e. The van der Waals surface area contributed by atoms with E-state index in [-0.39, 0.29) is 35.8 Å². The monoisotopic (exact) mass is 249 g/mol. The third-order valence-corrected chi connectivity index (χ3v) is 2.32. The van der Waals surface area contributed by atoms with Crippen LogP contribution >= 0.6 is 0 Å². The number of carbonyl (C=O) groups excluding carboxylic acids is 2. The standard InChI is InChI=1S/C9H7N5O4/c10-7-6-8-11-3-14(6)18-5(16)2-1-4(15)17-9(12-7)13-8/h3H,1-2H2,(H2,10,12,13). The van der Waals surface area contributed by atoms with E-state index in [4.69, 9.17) is 15.3 Å². The summed E-state index contributed by atoms with van der Waals surface area (Å²) in [7, 11) is 0. The Morgan fingerprint density at radius 2 is 2.00 bits per heavy atom. The summed E-state index contributed by atoms with van der Waals surface area (Å²) in [6, 6.07) is -0.190. The zero-order chi connectivity index (χ0) is 12.7. The van der Waals surface area contributed by atoms with Crippen LogP contribution in [0.25, 0.3) is 11.2 Å². The van der Waals surface area contributed by atoms with Gasteiger partial charge in [-0.2, -0.15) is 14.7 Å². The Bertz CT molecular complexity index is 664. The molecule has 2 aromatic heterocycles. The molecule has 4 heterocycles. The fourth-order valence-corrected chi connectivity index (χ4v) is 1.53. The predicted octanol–water partition coefficient (Wildman–Crippen LogP) is -0.937. The van der Waals surface area contributed by atoms with Crippen molar-refractivity contribution in [3.8, 4) is 6.01 Å². The van der Waals surface area contributed by atoms with Crippen LogP contribution in [0.2, 0.25) is 0 Å². The van der Waals surface area contributed by atoms with Gasteiger partial charge in [-0.1, -0.05) is 0 Å². The highest BCUT2D eigenvalue weighted by atomic mass is 16.7. The number of esters is 1. The zero-order valence-electron chi connectivity index (χ0n) is 8.99. The van der Waals surface area contributed by atoms with E-state index in [0.29, 0.717) is 0 Å². The second-order valence-electron chi connectivity index (χ2n) is 3.57. The minimum absolute atomic E-state index is 0.00926. The summed E-state index contributed by atoms with van der Waals surface area (Å²) in [5.74, 6) is -1.23. The molecule has 18 heavy (non-hydrogen) atoms. The Morgan fingerprint density at radius 3 is 2.83 bits per heavy atom. The molecule has 0 radical (unpaired) electrons. The molecule has 0 aromatic carbocycles. The van der Waals surface area contributed by atoms with Gasteiger partial charge in [0.1, 0.15) is 6.33 Å². The molecule has 0 unspecified atom stereocenters. The average Bonchev–Trinajstić information content (AvgIpc) is 2.68. The minimum Gasteiger partial charge on any atom is -0.391 e. The molecule has 2 aliphatic rings. The summed E-state index contributed by atoms with van der Waals surface area (Å²) in [5.41, 5.74) is 6.11. The lowest BCUT2D eigenvalue weighted by Gasteiger charge is -2.03. The largest absolute Gasteiger partial charge is 0.391 e. The quantitative estimate of drug-likeness (QED) is 0.593. The summed E-state index contributed by atoms with van der Waals surface area (Å²) in [5, 5.41) is 0. The number of nitrogen functional groups attached to an aromatic ring is 1. The third-order valence-electron chi connectivity index (χ3n) is 2.32. The first-order valence-corrected chi connectivity index (χ1v) is 5.06. The van der Waals surface area contributed by atoms with Crippen LogP contribution in [0, 0.1) is 0 Å². The van der Waals surface area contributed by atoms with Gasteiger partial charge in [0.05, 0.1) is 12.8 Å². The number of imidazole rings is 1. The molecule has 0 saturated heterocycles. The normalized spacial score (nSPS) is 15.6. The first kappa shape index (κ1) is 10.4. The van der Waals surface area contributed by atoms with E-state index in [1.165, 1.54) is 6.33 Å². The number of hydrogen-bond acceptors (Lipinski definition) is 8. The number of ether oxygens (including phenoxy) is 1. The highest BCUT2D eigenvalue weighted by molar-refractivity contribution is 5.85. The highest BCUT2D eigenvalue weighted by Gasteiger charge is 2.20. The lowest BCUT2D eigenvalue weighted by atomic mass is 10.3. The fourth-order valence-electron chi connectivity index (χ4n) is 1.53. The van der Waals surface area contributed by atoms with Crippen LogP contribution in [0.3, 0.4) is 0 Å². The van der Waals surface area contributed by atoms with Crippen LogP contribution in [0.15, 0.2) is 6.33 Å². The Hall–Kier alpha value is -2.71. The molecule has 0 aliphatic carbocycles. The smallest absolute Gasteiger partial charge is 0.333 e. The molecule has 0 atom stereocenters. The Kier molecular flexibility index (Phi) is 2.12. The van der Waals surface area contributed by atoms with Crippen molar-refractivity contribution in [2.45, 2.75) is 12.8 Å².